The molecule has 0 atom stereocenters. The topological polar surface area (TPSA) is 67.4 Å². The monoisotopic (exact) mass is 294 g/mol. The third-order valence-corrected chi connectivity index (χ3v) is 2.60. The van der Waals surface area contributed by atoms with Crippen LogP contribution in [0.2, 0.25) is 0 Å². The van der Waals surface area contributed by atoms with Crippen LogP contribution in [-0.4, -0.2) is 23.6 Å². The highest BCUT2D eigenvalue weighted by atomic mass is 32.1. The SMILES string of the molecule is CCOC(=O)c1cccc(NC(=S)NC(=O)C(C)C)c1. The number of carbonyl (C=O) groups excluding carboxylic acids is 2. The molecule has 5 nitrogen and oxygen atoms in total. The summed E-state index contributed by atoms with van der Waals surface area (Å²) in [6.45, 7) is 5.62. The van der Waals surface area contributed by atoms with Gasteiger partial charge in [-0.1, -0.05) is 19.9 Å². The molecule has 0 aromatic heterocycles. The molecule has 0 aliphatic heterocycles. The van der Waals surface area contributed by atoms with E-state index in [0.29, 0.717) is 17.9 Å². The first-order valence-corrected chi connectivity index (χ1v) is 6.74. The van der Waals surface area contributed by atoms with Gasteiger partial charge in [0.1, 0.15) is 0 Å². The molecule has 0 bridgehead atoms. The summed E-state index contributed by atoms with van der Waals surface area (Å²) < 4.78 is 4.91. The van der Waals surface area contributed by atoms with Crippen LogP contribution in [0, 0.1) is 5.92 Å². The fourth-order valence-electron chi connectivity index (χ4n) is 1.36. The molecule has 0 radical (unpaired) electrons. The summed E-state index contributed by atoms with van der Waals surface area (Å²) in [5, 5.41) is 5.62. The lowest BCUT2D eigenvalue weighted by Gasteiger charge is -2.11. The number of thiocarbonyl (C=S) groups is 1. The predicted molar refractivity (Wildman–Crippen MR) is 81.6 cm³/mol. The maximum absolute atomic E-state index is 11.6. The fourth-order valence-corrected chi connectivity index (χ4v) is 1.58. The van der Waals surface area contributed by atoms with Crippen LogP contribution in [0.3, 0.4) is 0 Å². The molecular formula is C14H18N2O3S. The third-order valence-electron chi connectivity index (χ3n) is 2.39. The predicted octanol–water partition coefficient (Wildman–Crippen LogP) is 2.33. The van der Waals surface area contributed by atoms with Crippen molar-refractivity contribution in [3.05, 3.63) is 29.8 Å². The van der Waals surface area contributed by atoms with E-state index in [4.69, 9.17) is 17.0 Å². The van der Waals surface area contributed by atoms with Crippen LogP contribution in [0.1, 0.15) is 31.1 Å². The normalized spacial score (nSPS) is 10.0. The number of rotatable bonds is 4. The second-order valence-electron chi connectivity index (χ2n) is 4.40. The average molecular weight is 294 g/mol. The molecule has 0 aliphatic carbocycles. The zero-order chi connectivity index (χ0) is 15.1. The van der Waals surface area contributed by atoms with E-state index in [9.17, 15) is 9.59 Å². The molecule has 0 heterocycles. The Hall–Kier alpha value is -1.95. The minimum absolute atomic E-state index is 0.152. The molecule has 1 amide bonds. The highest BCUT2D eigenvalue weighted by molar-refractivity contribution is 7.80. The fraction of sp³-hybridized carbons (Fsp3) is 0.357. The Morgan fingerprint density at radius 2 is 2.05 bits per heavy atom. The molecule has 0 spiro atoms. The molecule has 0 fully saturated rings. The van der Waals surface area contributed by atoms with Gasteiger partial charge in [0.2, 0.25) is 5.91 Å². The molecule has 20 heavy (non-hydrogen) atoms. The molecular weight excluding hydrogens is 276 g/mol. The van der Waals surface area contributed by atoms with E-state index in [2.05, 4.69) is 10.6 Å². The maximum Gasteiger partial charge on any atom is 0.338 e. The van der Waals surface area contributed by atoms with Gasteiger partial charge < -0.3 is 15.4 Å². The molecule has 1 rings (SSSR count). The van der Waals surface area contributed by atoms with E-state index < -0.39 is 5.97 Å². The molecule has 2 N–H and O–H groups in total. The van der Waals surface area contributed by atoms with Crippen molar-refractivity contribution in [2.75, 3.05) is 11.9 Å². The Balaban J connectivity index is 2.69. The summed E-state index contributed by atoms with van der Waals surface area (Å²) in [5.74, 6) is -0.710. The third kappa shape index (κ3) is 4.97. The van der Waals surface area contributed by atoms with Gasteiger partial charge in [-0.2, -0.15) is 0 Å². The van der Waals surface area contributed by atoms with Crippen molar-refractivity contribution < 1.29 is 14.3 Å². The first-order chi connectivity index (χ1) is 9.43. The number of nitrogens with one attached hydrogen (secondary N) is 2. The first-order valence-electron chi connectivity index (χ1n) is 6.33. The summed E-state index contributed by atoms with van der Waals surface area (Å²) in [4.78, 5) is 23.1. The standard InChI is InChI=1S/C14H18N2O3S/c1-4-19-13(18)10-6-5-7-11(8-10)15-14(20)16-12(17)9(2)3/h5-9H,4H2,1-3H3,(H2,15,16,17,20). The Morgan fingerprint density at radius 3 is 2.65 bits per heavy atom. The van der Waals surface area contributed by atoms with Crippen LogP contribution < -0.4 is 10.6 Å². The number of hydrogen-bond acceptors (Lipinski definition) is 4. The summed E-state index contributed by atoms with van der Waals surface area (Å²) in [5.41, 5.74) is 1.04. The van der Waals surface area contributed by atoms with Gasteiger partial charge in [-0.15, -0.1) is 0 Å². The minimum Gasteiger partial charge on any atom is -0.462 e. The Kier molecular flexibility index (Phi) is 6.11. The van der Waals surface area contributed by atoms with Gasteiger partial charge in [0.15, 0.2) is 5.11 Å². The van der Waals surface area contributed by atoms with Gasteiger partial charge in [0, 0.05) is 11.6 Å². The lowest BCUT2D eigenvalue weighted by molar-refractivity contribution is -0.122. The van der Waals surface area contributed by atoms with E-state index >= 15 is 0 Å². The number of ether oxygens (including phenoxy) is 1. The van der Waals surface area contributed by atoms with Crippen molar-refractivity contribution in [1.29, 1.82) is 0 Å². The zero-order valence-electron chi connectivity index (χ0n) is 11.7. The Bertz CT molecular complexity index is 515. The molecule has 0 aliphatic rings. The van der Waals surface area contributed by atoms with E-state index in [1.165, 1.54) is 0 Å². The number of hydrogen-bond donors (Lipinski definition) is 2. The second kappa shape index (κ2) is 7.59. The lowest BCUT2D eigenvalue weighted by Crippen LogP contribution is -2.36. The van der Waals surface area contributed by atoms with Crippen molar-refractivity contribution in [3.8, 4) is 0 Å². The van der Waals surface area contributed by atoms with E-state index in [1.54, 1.807) is 45.0 Å². The van der Waals surface area contributed by atoms with Crippen LogP contribution in [0.5, 0.6) is 0 Å². The molecule has 0 saturated carbocycles. The number of anilines is 1. The van der Waals surface area contributed by atoms with Crippen LogP contribution >= 0.6 is 12.2 Å². The number of amides is 1. The van der Waals surface area contributed by atoms with Crippen LogP contribution in [0.15, 0.2) is 24.3 Å². The summed E-state index contributed by atoms with van der Waals surface area (Å²) in [7, 11) is 0. The van der Waals surface area contributed by atoms with Crippen LogP contribution in [0.25, 0.3) is 0 Å². The quantitative estimate of drug-likeness (QED) is 0.659. The van der Waals surface area contributed by atoms with Gasteiger partial charge >= 0.3 is 5.97 Å². The van der Waals surface area contributed by atoms with E-state index in [0.717, 1.165) is 0 Å². The second-order valence-corrected chi connectivity index (χ2v) is 4.81. The molecule has 1 aromatic rings. The summed E-state index contributed by atoms with van der Waals surface area (Å²) >= 11 is 5.03. The summed E-state index contributed by atoms with van der Waals surface area (Å²) in [6, 6.07) is 6.72. The van der Waals surface area contributed by atoms with Crippen molar-refractivity contribution >= 4 is 34.9 Å². The minimum atomic E-state index is -0.395. The van der Waals surface area contributed by atoms with Crippen molar-refractivity contribution in [2.24, 2.45) is 5.92 Å². The number of benzene rings is 1. The van der Waals surface area contributed by atoms with Gasteiger partial charge in [-0.3, -0.25) is 4.79 Å². The van der Waals surface area contributed by atoms with Gasteiger partial charge in [0.25, 0.3) is 0 Å². The molecule has 0 saturated heterocycles. The Labute approximate surface area is 123 Å². The van der Waals surface area contributed by atoms with Crippen molar-refractivity contribution in [1.82, 2.24) is 5.32 Å². The van der Waals surface area contributed by atoms with Crippen LogP contribution in [-0.2, 0) is 9.53 Å². The van der Waals surface area contributed by atoms with E-state index in [1.807, 2.05) is 0 Å². The molecule has 0 unspecified atom stereocenters. The van der Waals surface area contributed by atoms with Crippen molar-refractivity contribution in [3.63, 3.8) is 0 Å². The first kappa shape index (κ1) is 16.1. The summed E-state index contributed by atoms with van der Waals surface area (Å²) in [6.07, 6.45) is 0. The lowest BCUT2D eigenvalue weighted by atomic mass is 10.2. The highest BCUT2D eigenvalue weighted by Crippen LogP contribution is 2.11. The maximum atomic E-state index is 11.6. The molecule has 6 heteroatoms. The molecule has 1 aromatic carbocycles. The van der Waals surface area contributed by atoms with Gasteiger partial charge in [0.05, 0.1) is 12.2 Å². The van der Waals surface area contributed by atoms with Crippen LogP contribution in [0.4, 0.5) is 5.69 Å². The van der Waals surface area contributed by atoms with Crippen molar-refractivity contribution in [2.45, 2.75) is 20.8 Å². The number of carbonyl (C=O) groups is 2. The number of esters is 1. The highest BCUT2D eigenvalue weighted by Gasteiger charge is 2.10. The van der Waals surface area contributed by atoms with Gasteiger partial charge in [-0.25, -0.2) is 4.79 Å². The molecule has 108 valence electrons. The van der Waals surface area contributed by atoms with E-state index in [-0.39, 0.29) is 16.9 Å². The average Bonchev–Trinajstić information content (AvgIpc) is 2.39. The largest absolute Gasteiger partial charge is 0.462 e. The Morgan fingerprint density at radius 1 is 1.35 bits per heavy atom. The van der Waals surface area contributed by atoms with Gasteiger partial charge in [-0.05, 0) is 37.3 Å². The smallest absolute Gasteiger partial charge is 0.338 e. The zero-order valence-corrected chi connectivity index (χ0v) is 12.5.